The monoisotopic (exact) mass is 401 g/mol. The molecule has 0 heterocycles. The normalized spacial score (nSPS) is 10.4. The lowest BCUT2D eigenvalue weighted by molar-refractivity contribution is -0.114. The average Bonchev–Trinajstić information content (AvgIpc) is 2.70. The van der Waals surface area contributed by atoms with Crippen molar-refractivity contribution in [3.8, 4) is 16.9 Å². The zero-order valence-electron chi connectivity index (χ0n) is 16.9. The van der Waals surface area contributed by atoms with Gasteiger partial charge in [0.25, 0.3) is 5.91 Å². The lowest BCUT2D eigenvalue weighted by atomic mass is 9.96. The highest BCUT2D eigenvalue weighted by atomic mass is 19.1. The molecule has 0 aliphatic carbocycles. The van der Waals surface area contributed by atoms with Crippen LogP contribution in [0.1, 0.15) is 29.8 Å². The third-order valence-corrected chi connectivity index (χ3v) is 4.56. The summed E-state index contributed by atoms with van der Waals surface area (Å²) in [6.45, 7) is 5.82. The van der Waals surface area contributed by atoms with Crippen LogP contribution in [-0.2, 0) is 4.79 Å². The predicted octanol–water partition coefficient (Wildman–Crippen LogP) is 4.00. The predicted molar refractivity (Wildman–Crippen MR) is 110 cm³/mol. The number of methoxy groups -OCH3 is 1. The van der Waals surface area contributed by atoms with Crippen LogP contribution in [0.3, 0.4) is 0 Å². The van der Waals surface area contributed by atoms with Gasteiger partial charge >= 0.3 is 0 Å². The number of rotatable bonds is 8. The zero-order valence-corrected chi connectivity index (χ0v) is 16.9. The number of anilines is 1. The van der Waals surface area contributed by atoms with Crippen LogP contribution in [0.5, 0.6) is 5.75 Å². The van der Waals surface area contributed by atoms with E-state index in [-0.39, 0.29) is 11.5 Å². The molecule has 8 heteroatoms. The molecule has 0 unspecified atom stereocenters. The lowest BCUT2D eigenvalue weighted by Gasteiger charge is -2.22. The molecule has 29 heavy (non-hydrogen) atoms. The molecule has 2 amide bonds. The van der Waals surface area contributed by atoms with Crippen LogP contribution in [0.15, 0.2) is 35.5 Å². The summed E-state index contributed by atoms with van der Waals surface area (Å²) in [4.78, 5) is 37.1. The van der Waals surface area contributed by atoms with Crippen LogP contribution >= 0.6 is 0 Å². The van der Waals surface area contributed by atoms with Crippen LogP contribution in [0.4, 0.5) is 10.1 Å². The number of aryl methyl sites for hydroxylation is 1. The highest BCUT2D eigenvalue weighted by molar-refractivity contribution is 6.06. The molecule has 154 valence electrons. The molecule has 0 bridgehead atoms. The number of hydrogen-bond donors (Lipinski definition) is 1. The Morgan fingerprint density at radius 3 is 2.45 bits per heavy atom. The van der Waals surface area contributed by atoms with Gasteiger partial charge in [0.2, 0.25) is 5.91 Å². The van der Waals surface area contributed by atoms with E-state index in [4.69, 9.17) is 4.74 Å². The number of halogens is 1. The van der Waals surface area contributed by atoms with Crippen molar-refractivity contribution in [3.63, 3.8) is 0 Å². The third kappa shape index (κ3) is 4.96. The highest BCUT2D eigenvalue weighted by Crippen LogP contribution is 2.35. The molecule has 0 aliphatic rings. The molecule has 0 aromatic heterocycles. The third-order valence-electron chi connectivity index (χ3n) is 4.56. The first-order chi connectivity index (χ1) is 13.9. The molecule has 0 saturated carbocycles. The number of nitrogens with one attached hydrogen (secondary N) is 1. The van der Waals surface area contributed by atoms with Gasteiger partial charge in [-0.25, -0.2) is 4.39 Å². The molecule has 0 spiro atoms. The second kappa shape index (κ2) is 9.77. The first kappa shape index (κ1) is 22.0. The van der Waals surface area contributed by atoms with Gasteiger partial charge < -0.3 is 15.0 Å². The summed E-state index contributed by atoms with van der Waals surface area (Å²) in [5, 5.41) is 5.18. The molecule has 2 rings (SSSR count). The highest BCUT2D eigenvalue weighted by Gasteiger charge is 2.22. The van der Waals surface area contributed by atoms with Crippen molar-refractivity contribution < 1.29 is 18.7 Å². The Morgan fingerprint density at radius 1 is 1.17 bits per heavy atom. The van der Waals surface area contributed by atoms with Gasteiger partial charge in [-0.2, -0.15) is 4.91 Å². The topological polar surface area (TPSA) is 88.1 Å². The minimum atomic E-state index is -0.618. The Bertz CT molecular complexity index is 926. The van der Waals surface area contributed by atoms with Crippen molar-refractivity contribution in [3.05, 3.63) is 52.2 Å². The van der Waals surface area contributed by atoms with Crippen molar-refractivity contribution in [2.75, 3.05) is 32.1 Å². The van der Waals surface area contributed by atoms with Gasteiger partial charge in [-0.1, -0.05) is 5.18 Å². The summed E-state index contributed by atoms with van der Waals surface area (Å²) in [5.74, 6) is -0.893. The van der Waals surface area contributed by atoms with Gasteiger partial charge in [0, 0.05) is 18.7 Å². The number of carbonyl (C=O) groups is 2. The second-order valence-corrected chi connectivity index (χ2v) is 6.37. The van der Waals surface area contributed by atoms with E-state index in [1.165, 1.54) is 25.3 Å². The Kier molecular flexibility index (Phi) is 7.41. The number of ether oxygens (including phenoxy) is 1. The van der Waals surface area contributed by atoms with Crippen molar-refractivity contribution in [1.82, 2.24) is 4.90 Å². The number of benzene rings is 2. The van der Waals surface area contributed by atoms with E-state index >= 15 is 0 Å². The van der Waals surface area contributed by atoms with E-state index in [1.807, 2.05) is 13.8 Å². The fourth-order valence-corrected chi connectivity index (χ4v) is 3.10. The fraction of sp³-hybridized carbons (Fsp3) is 0.333. The van der Waals surface area contributed by atoms with Crippen LogP contribution in [0.25, 0.3) is 11.1 Å². The Labute approximate surface area is 168 Å². The Hall–Kier alpha value is -3.29. The van der Waals surface area contributed by atoms with Gasteiger partial charge in [0.05, 0.1) is 18.4 Å². The van der Waals surface area contributed by atoms with Gasteiger partial charge in [0.1, 0.15) is 11.6 Å². The number of nitroso groups, excluding NO2 is 1. The SMILES string of the molecule is CCN(CC)C(=O)c1cc(-c2cc(F)ccc2OC)cc(C)c1NC(=O)CN=O. The van der Waals surface area contributed by atoms with Crippen LogP contribution in [0, 0.1) is 17.6 Å². The van der Waals surface area contributed by atoms with Crippen molar-refractivity contribution >= 4 is 17.5 Å². The summed E-state index contributed by atoms with van der Waals surface area (Å²) in [6, 6.07) is 7.44. The smallest absolute Gasteiger partial charge is 0.255 e. The van der Waals surface area contributed by atoms with E-state index in [0.29, 0.717) is 41.2 Å². The van der Waals surface area contributed by atoms with Gasteiger partial charge in [-0.3, -0.25) is 9.59 Å². The Morgan fingerprint density at radius 2 is 1.86 bits per heavy atom. The standard InChI is InChI=1S/C21H24FN3O4/c1-5-25(6-2)21(27)17-10-14(16-11-15(22)7-8-18(16)29-4)9-13(3)20(17)24-19(26)12-23-28/h7-11H,5-6,12H2,1-4H3,(H,24,26). The van der Waals surface area contributed by atoms with Crippen molar-refractivity contribution in [2.24, 2.45) is 5.18 Å². The second-order valence-electron chi connectivity index (χ2n) is 6.37. The van der Waals surface area contributed by atoms with Gasteiger partial charge in [0.15, 0.2) is 6.54 Å². The summed E-state index contributed by atoms with van der Waals surface area (Å²) >= 11 is 0. The zero-order chi connectivity index (χ0) is 21.6. The van der Waals surface area contributed by atoms with Crippen LogP contribution in [0.2, 0.25) is 0 Å². The number of hydrogen-bond acceptors (Lipinski definition) is 5. The van der Waals surface area contributed by atoms with E-state index in [1.54, 1.807) is 24.0 Å². The van der Waals surface area contributed by atoms with Crippen LogP contribution in [-0.4, -0.2) is 43.5 Å². The van der Waals surface area contributed by atoms with E-state index in [0.717, 1.165) is 0 Å². The maximum absolute atomic E-state index is 13.9. The molecule has 0 aliphatic heterocycles. The van der Waals surface area contributed by atoms with Gasteiger partial charge in [-0.15, -0.1) is 0 Å². The summed E-state index contributed by atoms with van der Waals surface area (Å²) in [6.07, 6.45) is 0. The van der Waals surface area contributed by atoms with Crippen molar-refractivity contribution in [2.45, 2.75) is 20.8 Å². The van der Waals surface area contributed by atoms with Gasteiger partial charge in [-0.05, 0) is 62.2 Å². The molecule has 0 fully saturated rings. The molecule has 0 saturated heterocycles. The van der Waals surface area contributed by atoms with Crippen molar-refractivity contribution in [1.29, 1.82) is 0 Å². The molecule has 0 atom stereocenters. The fourth-order valence-electron chi connectivity index (χ4n) is 3.10. The molecular formula is C21H24FN3O4. The van der Waals surface area contributed by atoms with E-state index in [9.17, 15) is 18.9 Å². The maximum Gasteiger partial charge on any atom is 0.255 e. The molecule has 2 aromatic carbocycles. The summed E-state index contributed by atoms with van der Waals surface area (Å²) in [7, 11) is 1.48. The quantitative estimate of drug-likeness (QED) is 0.677. The number of amides is 2. The minimum Gasteiger partial charge on any atom is -0.496 e. The molecule has 1 N–H and O–H groups in total. The molecule has 0 radical (unpaired) electrons. The Balaban J connectivity index is 2.69. The molecular weight excluding hydrogens is 377 g/mol. The first-order valence-electron chi connectivity index (χ1n) is 9.22. The minimum absolute atomic E-state index is 0.245. The van der Waals surface area contributed by atoms with E-state index < -0.39 is 18.3 Å². The average molecular weight is 401 g/mol. The van der Waals surface area contributed by atoms with E-state index in [2.05, 4.69) is 10.5 Å². The summed E-state index contributed by atoms with van der Waals surface area (Å²) < 4.78 is 19.2. The summed E-state index contributed by atoms with van der Waals surface area (Å²) in [5.41, 5.74) is 2.19. The first-order valence-corrected chi connectivity index (χ1v) is 9.22. The molecule has 2 aromatic rings. The van der Waals surface area contributed by atoms with Crippen LogP contribution < -0.4 is 10.1 Å². The number of carbonyl (C=O) groups excluding carboxylic acids is 2. The number of nitrogens with zero attached hydrogens (tertiary/aromatic N) is 2. The largest absolute Gasteiger partial charge is 0.496 e. The maximum atomic E-state index is 13.9. The lowest BCUT2D eigenvalue weighted by Crippen LogP contribution is -2.31. The molecule has 7 nitrogen and oxygen atoms in total.